The van der Waals surface area contributed by atoms with E-state index in [0.717, 1.165) is 10.6 Å². The molecule has 0 radical (unpaired) electrons. The lowest BCUT2D eigenvalue weighted by molar-refractivity contribution is -0.137. The van der Waals surface area contributed by atoms with E-state index in [1.165, 1.54) is 18.4 Å². The number of aliphatic hydroxyl groups excluding tert-OH is 1. The summed E-state index contributed by atoms with van der Waals surface area (Å²) in [5.74, 6) is -0.637. The summed E-state index contributed by atoms with van der Waals surface area (Å²) in [6.45, 7) is 3.52. The molecule has 1 atom stereocenters. The Bertz CT molecular complexity index is 592. The van der Waals surface area contributed by atoms with Gasteiger partial charge < -0.3 is 9.84 Å². The van der Waals surface area contributed by atoms with Crippen molar-refractivity contribution in [2.45, 2.75) is 6.10 Å². The highest BCUT2D eigenvalue weighted by molar-refractivity contribution is 7.13. The Morgan fingerprint density at radius 2 is 2.11 bits per heavy atom. The molecule has 0 bridgehead atoms. The lowest BCUT2D eigenvalue weighted by Gasteiger charge is -2.08. The minimum absolute atomic E-state index is 0.0209. The number of benzene rings is 1. The molecule has 0 aliphatic heterocycles. The number of nitrogens with zero attached hydrogens (tertiary/aromatic N) is 1. The molecule has 1 aromatic heterocycles. The third-order valence-electron chi connectivity index (χ3n) is 2.60. The first-order chi connectivity index (χ1) is 9.13. The quantitative estimate of drug-likeness (QED) is 0.688. The van der Waals surface area contributed by atoms with Gasteiger partial charge in [0.15, 0.2) is 0 Å². The highest BCUT2D eigenvalue weighted by atomic mass is 32.1. The zero-order valence-electron chi connectivity index (χ0n) is 10.4. The van der Waals surface area contributed by atoms with E-state index in [4.69, 9.17) is 0 Å². The summed E-state index contributed by atoms with van der Waals surface area (Å²) in [5.41, 5.74) is 1.35. The van der Waals surface area contributed by atoms with E-state index in [0.29, 0.717) is 5.69 Å². The SMILES string of the molecule is C=C(C(=O)OC)[C@@H](O)c1csc(-c2ccccc2)n1. The van der Waals surface area contributed by atoms with Gasteiger partial charge in [-0.1, -0.05) is 36.9 Å². The Morgan fingerprint density at radius 1 is 1.42 bits per heavy atom. The van der Waals surface area contributed by atoms with Gasteiger partial charge in [0.25, 0.3) is 0 Å². The Hall–Kier alpha value is -1.98. The lowest BCUT2D eigenvalue weighted by Crippen LogP contribution is -2.12. The topological polar surface area (TPSA) is 59.4 Å². The van der Waals surface area contributed by atoms with Crippen molar-refractivity contribution in [3.63, 3.8) is 0 Å². The van der Waals surface area contributed by atoms with Crippen molar-refractivity contribution in [1.82, 2.24) is 4.98 Å². The summed E-state index contributed by atoms with van der Waals surface area (Å²) in [7, 11) is 1.25. The van der Waals surface area contributed by atoms with Crippen molar-refractivity contribution in [3.8, 4) is 10.6 Å². The van der Waals surface area contributed by atoms with Crippen LogP contribution in [0.15, 0.2) is 47.9 Å². The zero-order valence-corrected chi connectivity index (χ0v) is 11.2. The van der Waals surface area contributed by atoms with E-state index in [2.05, 4.69) is 16.3 Å². The number of esters is 1. The van der Waals surface area contributed by atoms with Gasteiger partial charge in [-0.25, -0.2) is 9.78 Å². The Kier molecular flexibility index (Phi) is 4.09. The van der Waals surface area contributed by atoms with E-state index in [-0.39, 0.29) is 5.57 Å². The van der Waals surface area contributed by atoms with Gasteiger partial charge in [-0.15, -0.1) is 11.3 Å². The summed E-state index contributed by atoms with van der Waals surface area (Å²) in [5, 5.41) is 12.5. The highest BCUT2D eigenvalue weighted by Crippen LogP contribution is 2.28. The fourth-order valence-corrected chi connectivity index (χ4v) is 2.39. The number of aromatic nitrogens is 1. The Labute approximate surface area is 115 Å². The molecule has 0 fully saturated rings. The van der Waals surface area contributed by atoms with Gasteiger partial charge >= 0.3 is 5.97 Å². The third kappa shape index (κ3) is 2.89. The van der Waals surface area contributed by atoms with Gasteiger partial charge in [-0.2, -0.15) is 0 Å². The van der Waals surface area contributed by atoms with Gasteiger partial charge in [0.05, 0.1) is 18.4 Å². The van der Waals surface area contributed by atoms with Crippen molar-refractivity contribution in [2.75, 3.05) is 7.11 Å². The number of thiazole rings is 1. The van der Waals surface area contributed by atoms with E-state index >= 15 is 0 Å². The van der Waals surface area contributed by atoms with Gasteiger partial charge in [0, 0.05) is 10.9 Å². The largest absolute Gasteiger partial charge is 0.466 e. The Balaban J connectivity index is 2.22. The van der Waals surface area contributed by atoms with Crippen LogP contribution in [0.1, 0.15) is 11.8 Å². The molecule has 0 amide bonds. The van der Waals surface area contributed by atoms with Gasteiger partial charge in [0.2, 0.25) is 0 Å². The van der Waals surface area contributed by atoms with Crippen LogP contribution < -0.4 is 0 Å². The van der Waals surface area contributed by atoms with E-state index < -0.39 is 12.1 Å². The molecule has 0 saturated carbocycles. The van der Waals surface area contributed by atoms with Crippen LogP contribution in [0.4, 0.5) is 0 Å². The van der Waals surface area contributed by atoms with Crippen LogP contribution in [0.2, 0.25) is 0 Å². The number of carbonyl (C=O) groups excluding carboxylic acids is 1. The average molecular weight is 275 g/mol. The number of ether oxygens (including phenoxy) is 1. The van der Waals surface area contributed by atoms with E-state index in [1.807, 2.05) is 30.3 Å². The summed E-state index contributed by atoms with van der Waals surface area (Å²) in [6, 6.07) is 9.63. The van der Waals surface area contributed by atoms with Gasteiger partial charge in [0.1, 0.15) is 11.1 Å². The van der Waals surface area contributed by atoms with Crippen molar-refractivity contribution in [3.05, 3.63) is 53.6 Å². The maximum atomic E-state index is 11.3. The fraction of sp³-hybridized carbons (Fsp3) is 0.143. The standard InChI is InChI=1S/C14H13NO3S/c1-9(14(17)18-2)12(16)11-8-19-13(15-11)10-6-4-3-5-7-10/h3-8,12,16H,1H2,2H3/t12-/m1/s1. The molecular weight excluding hydrogens is 262 g/mol. The summed E-state index contributed by atoms with van der Waals surface area (Å²) in [6.07, 6.45) is -1.14. The monoisotopic (exact) mass is 275 g/mol. The van der Waals surface area contributed by atoms with Gasteiger partial charge in [-0.05, 0) is 0 Å². The molecule has 0 saturated heterocycles. The maximum Gasteiger partial charge on any atom is 0.336 e. The molecular formula is C14H13NO3S. The predicted molar refractivity (Wildman–Crippen MR) is 73.7 cm³/mol. The molecule has 0 spiro atoms. The minimum atomic E-state index is -1.14. The molecule has 2 rings (SSSR count). The average Bonchev–Trinajstić information content (AvgIpc) is 2.95. The molecule has 1 aromatic carbocycles. The molecule has 19 heavy (non-hydrogen) atoms. The molecule has 98 valence electrons. The molecule has 4 nitrogen and oxygen atoms in total. The Morgan fingerprint density at radius 3 is 2.74 bits per heavy atom. The number of methoxy groups -OCH3 is 1. The first-order valence-electron chi connectivity index (χ1n) is 5.59. The summed E-state index contributed by atoms with van der Waals surface area (Å²) < 4.78 is 4.52. The number of rotatable bonds is 4. The molecule has 1 heterocycles. The molecule has 0 unspecified atom stereocenters. The molecule has 0 aliphatic carbocycles. The first kappa shape index (κ1) is 13.5. The molecule has 2 aromatic rings. The first-order valence-corrected chi connectivity index (χ1v) is 6.47. The number of aliphatic hydroxyl groups is 1. The van der Waals surface area contributed by atoms with Crippen molar-refractivity contribution < 1.29 is 14.6 Å². The smallest absolute Gasteiger partial charge is 0.336 e. The van der Waals surface area contributed by atoms with E-state index in [1.54, 1.807) is 5.38 Å². The van der Waals surface area contributed by atoms with Crippen molar-refractivity contribution >= 4 is 17.3 Å². The minimum Gasteiger partial charge on any atom is -0.466 e. The van der Waals surface area contributed by atoms with Crippen LogP contribution in [0.5, 0.6) is 0 Å². The van der Waals surface area contributed by atoms with Crippen molar-refractivity contribution in [1.29, 1.82) is 0 Å². The molecule has 0 aliphatic rings. The number of carbonyl (C=O) groups is 1. The van der Waals surface area contributed by atoms with Crippen LogP contribution in [-0.2, 0) is 9.53 Å². The van der Waals surface area contributed by atoms with E-state index in [9.17, 15) is 9.90 Å². The van der Waals surface area contributed by atoms with Crippen LogP contribution in [-0.4, -0.2) is 23.2 Å². The summed E-state index contributed by atoms with van der Waals surface area (Å²) in [4.78, 5) is 15.6. The van der Waals surface area contributed by atoms with Crippen LogP contribution in [0, 0.1) is 0 Å². The van der Waals surface area contributed by atoms with Gasteiger partial charge in [-0.3, -0.25) is 0 Å². The second-order valence-electron chi connectivity index (χ2n) is 3.86. The number of hydrogen-bond acceptors (Lipinski definition) is 5. The molecule has 1 N–H and O–H groups in total. The second kappa shape index (κ2) is 5.77. The third-order valence-corrected chi connectivity index (χ3v) is 3.51. The summed E-state index contributed by atoms with van der Waals surface area (Å²) >= 11 is 1.40. The molecule has 5 heteroatoms. The number of hydrogen-bond donors (Lipinski definition) is 1. The zero-order chi connectivity index (χ0) is 13.8. The van der Waals surface area contributed by atoms with Crippen LogP contribution in [0.3, 0.4) is 0 Å². The van der Waals surface area contributed by atoms with Crippen LogP contribution >= 0.6 is 11.3 Å². The van der Waals surface area contributed by atoms with Crippen molar-refractivity contribution in [2.24, 2.45) is 0 Å². The lowest BCUT2D eigenvalue weighted by atomic mass is 10.1. The normalized spacial score (nSPS) is 11.9. The van der Waals surface area contributed by atoms with Crippen LogP contribution in [0.25, 0.3) is 10.6 Å². The highest BCUT2D eigenvalue weighted by Gasteiger charge is 2.21. The maximum absolute atomic E-state index is 11.3. The fourth-order valence-electron chi connectivity index (χ4n) is 1.55. The predicted octanol–water partition coefficient (Wildman–Crippen LogP) is 2.57. The second-order valence-corrected chi connectivity index (χ2v) is 4.72.